The first kappa shape index (κ1) is 15.5. The molecular weight excluding hydrogens is 280 g/mol. The number of fused-ring (bicyclic) bond motifs is 1. The minimum absolute atomic E-state index is 0.0939. The standard InChI is InChI=1S/C18H16O4/c1-3-17(19)21-11-15-9-13-7-5-6-8-14(13)10-16(15)12-22-18(20)4-2/h3-10H,1-2,11-12H2. The fourth-order valence-electron chi connectivity index (χ4n) is 2.02. The van der Waals surface area contributed by atoms with Gasteiger partial charge in [0, 0.05) is 12.2 Å². The Morgan fingerprint density at radius 3 is 1.64 bits per heavy atom. The molecule has 0 radical (unpaired) electrons. The Morgan fingerprint density at radius 1 is 0.864 bits per heavy atom. The van der Waals surface area contributed by atoms with Crippen LogP contribution >= 0.6 is 0 Å². The molecule has 0 spiro atoms. The van der Waals surface area contributed by atoms with Crippen molar-refractivity contribution in [3.05, 3.63) is 72.8 Å². The van der Waals surface area contributed by atoms with Crippen LogP contribution in [-0.4, -0.2) is 11.9 Å². The second-order valence-corrected chi connectivity index (χ2v) is 4.59. The predicted octanol–water partition coefficient (Wildman–Crippen LogP) is 3.30. The lowest BCUT2D eigenvalue weighted by molar-refractivity contribution is -0.140. The minimum atomic E-state index is -0.498. The molecule has 4 nitrogen and oxygen atoms in total. The van der Waals surface area contributed by atoms with Crippen molar-refractivity contribution in [1.29, 1.82) is 0 Å². The lowest BCUT2D eigenvalue weighted by Gasteiger charge is -2.12. The second kappa shape index (κ2) is 7.22. The molecule has 0 atom stereocenters. The molecule has 22 heavy (non-hydrogen) atoms. The highest BCUT2D eigenvalue weighted by molar-refractivity contribution is 5.85. The second-order valence-electron chi connectivity index (χ2n) is 4.59. The SMILES string of the molecule is C=CC(=O)OCc1cc2ccccc2cc1COC(=O)C=C. The lowest BCUT2D eigenvalue weighted by Crippen LogP contribution is -2.06. The van der Waals surface area contributed by atoms with Crippen LogP contribution in [0, 0.1) is 0 Å². The molecule has 2 rings (SSSR count). The zero-order valence-electron chi connectivity index (χ0n) is 12.1. The van der Waals surface area contributed by atoms with Gasteiger partial charge in [0.2, 0.25) is 0 Å². The molecule has 0 saturated carbocycles. The summed E-state index contributed by atoms with van der Waals surface area (Å²) in [4.78, 5) is 22.5. The van der Waals surface area contributed by atoms with E-state index in [9.17, 15) is 9.59 Å². The maximum absolute atomic E-state index is 11.2. The van der Waals surface area contributed by atoms with E-state index < -0.39 is 11.9 Å². The minimum Gasteiger partial charge on any atom is -0.458 e. The van der Waals surface area contributed by atoms with Crippen molar-refractivity contribution in [2.75, 3.05) is 0 Å². The van der Waals surface area contributed by atoms with Crippen LogP contribution in [0.5, 0.6) is 0 Å². The summed E-state index contributed by atoms with van der Waals surface area (Å²) in [6.45, 7) is 6.91. The Bertz CT molecular complexity index is 668. The van der Waals surface area contributed by atoms with Gasteiger partial charge in [-0.2, -0.15) is 0 Å². The van der Waals surface area contributed by atoms with Crippen molar-refractivity contribution >= 4 is 22.7 Å². The Balaban J connectivity index is 2.31. The summed E-state index contributed by atoms with van der Waals surface area (Å²) in [5.74, 6) is -0.996. The van der Waals surface area contributed by atoms with Gasteiger partial charge in [-0.3, -0.25) is 0 Å². The summed E-state index contributed by atoms with van der Waals surface area (Å²) in [5, 5.41) is 2.04. The summed E-state index contributed by atoms with van der Waals surface area (Å²) in [6, 6.07) is 11.6. The zero-order valence-corrected chi connectivity index (χ0v) is 12.1. The van der Waals surface area contributed by atoms with Crippen LogP contribution in [0.4, 0.5) is 0 Å². The Hall–Kier alpha value is -2.88. The molecule has 4 heteroatoms. The summed E-state index contributed by atoms with van der Waals surface area (Å²) < 4.78 is 10.2. The van der Waals surface area contributed by atoms with E-state index >= 15 is 0 Å². The maximum atomic E-state index is 11.2. The fraction of sp³-hybridized carbons (Fsp3) is 0.111. The number of esters is 2. The molecule has 0 N–H and O–H groups in total. The van der Waals surface area contributed by atoms with E-state index in [2.05, 4.69) is 13.2 Å². The largest absolute Gasteiger partial charge is 0.458 e. The van der Waals surface area contributed by atoms with E-state index in [1.165, 1.54) is 0 Å². The molecule has 0 bridgehead atoms. The lowest BCUT2D eigenvalue weighted by atomic mass is 10.0. The monoisotopic (exact) mass is 296 g/mol. The number of benzene rings is 2. The van der Waals surface area contributed by atoms with E-state index in [1.807, 2.05) is 36.4 Å². The molecule has 0 aliphatic rings. The summed E-state index contributed by atoms with van der Waals surface area (Å²) >= 11 is 0. The molecule has 0 aliphatic heterocycles. The molecule has 112 valence electrons. The van der Waals surface area contributed by atoms with E-state index in [-0.39, 0.29) is 13.2 Å². The van der Waals surface area contributed by atoms with Crippen LogP contribution in [0.15, 0.2) is 61.7 Å². The van der Waals surface area contributed by atoms with Gasteiger partial charge in [0.25, 0.3) is 0 Å². The number of carbonyl (C=O) groups excluding carboxylic acids is 2. The molecular formula is C18H16O4. The molecule has 0 aromatic heterocycles. The van der Waals surface area contributed by atoms with Crippen molar-refractivity contribution in [2.45, 2.75) is 13.2 Å². The third kappa shape index (κ3) is 3.82. The first-order chi connectivity index (χ1) is 10.6. The van der Waals surface area contributed by atoms with Crippen LogP contribution in [0.2, 0.25) is 0 Å². The van der Waals surface area contributed by atoms with Gasteiger partial charge >= 0.3 is 11.9 Å². The summed E-state index contributed by atoms with van der Waals surface area (Å²) in [5.41, 5.74) is 1.57. The molecule has 2 aromatic carbocycles. The molecule has 0 aliphatic carbocycles. The van der Waals surface area contributed by atoms with E-state index in [4.69, 9.17) is 9.47 Å². The van der Waals surface area contributed by atoms with Gasteiger partial charge in [0.05, 0.1) is 0 Å². The Morgan fingerprint density at radius 2 is 1.27 bits per heavy atom. The fourth-order valence-corrected chi connectivity index (χ4v) is 2.02. The van der Waals surface area contributed by atoms with Gasteiger partial charge in [0.15, 0.2) is 0 Å². The van der Waals surface area contributed by atoms with Gasteiger partial charge in [-0.15, -0.1) is 0 Å². The third-order valence-corrected chi connectivity index (χ3v) is 3.14. The van der Waals surface area contributed by atoms with Crippen LogP contribution in [0.3, 0.4) is 0 Å². The molecule has 0 heterocycles. The van der Waals surface area contributed by atoms with Crippen molar-refractivity contribution in [3.8, 4) is 0 Å². The summed E-state index contributed by atoms with van der Waals surface area (Å²) in [6.07, 6.45) is 2.22. The normalized spacial score (nSPS) is 10.0. The molecule has 0 unspecified atom stereocenters. The predicted molar refractivity (Wildman–Crippen MR) is 83.9 cm³/mol. The highest BCUT2D eigenvalue weighted by Gasteiger charge is 2.09. The van der Waals surface area contributed by atoms with Crippen LogP contribution in [0.25, 0.3) is 10.8 Å². The molecule has 0 saturated heterocycles. The average Bonchev–Trinajstić information content (AvgIpc) is 2.56. The quantitative estimate of drug-likeness (QED) is 0.606. The Kier molecular flexibility index (Phi) is 5.09. The van der Waals surface area contributed by atoms with Gasteiger partial charge in [-0.05, 0) is 34.0 Å². The van der Waals surface area contributed by atoms with Gasteiger partial charge in [0.1, 0.15) is 13.2 Å². The Labute approximate surface area is 128 Å². The van der Waals surface area contributed by atoms with Crippen molar-refractivity contribution in [2.24, 2.45) is 0 Å². The van der Waals surface area contributed by atoms with Gasteiger partial charge in [-0.25, -0.2) is 9.59 Å². The molecule has 2 aromatic rings. The van der Waals surface area contributed by atoms with E-state index in [1.54, 1.807) is 0 Å². The number of ether oxygens (including phenoxy) is 2. The number of carbonyl (C=O) groups is 2. The van der Waals surface area contributed by atoms with Crippen LogP contribution < -0.4 is 0 Å². The summed E-state index contributed by atoms with van der Waals surface area (Å²) in [7, 11) is 0. The maximum Gasteiger partial charge on any atom is 0.330 e. The van der Waals surface area contributed by atoms with Crippen molar-refractivity contribution in [1.82, 2.24) is 0 Å². The molecule has 0 fully saturated rings. The average molecular weight is 296 g/mol. The number of rotatable bonds is 6. The highest BCUT2D eigenvalue weighted by atomic mass is 16.5. The van der Waals surface area contributed by atoms with Gasteiger partial charge in [-0.1, -0.05) is 37.4 Å². The smallest absolute Gasteiger partial charge is 0.330 e. The van der Waals surface area contributed by atoms with Gasteiger partial charge < -0.3 is 9.47 Å². The highest BCUT2D eigenvalue weighted by Crippen LogP contribution is 2.22. The number of hydrogen-bond acceptors (Lipinski definition) is 4. The number of hydrogen-bond donors (Lipinski definition) is 0. The van der Waals surface area contributed by atoms with Crippen molar-refractivity contribution in [3.63, 3.8) is 0 Å². The third-order valence-electron chi connectivity index (χ3n) is 3.14. The van der Waals surface area contributed by atoms with E-state index in [0.717, 1.165) is 34.1 Å². The topological polar surface area (TPSA) is 52.6 Å². The first-order valence-electron chi connectivity index (χ1n) is 6.73. The van der Waals surface area contributed by atoms with E-state index in [0.29, 0.717) is 0 Å². The van der Waals surface area contributed by atoms with Crippen molar-refractivity contribution < 1.29 is 19.1 Å². The van der Waals surface area contributed by atoms with Crippen LogP contribution in [0.1, 0.15) is 11.1 Å². The zero-order chi connectivity index (χ0) is 15.9. The molecule has 0 amide bonds. The first-order valence-corrected chi connectivity index (χ1v) is 6.73. The van der Waals surface area contributed by atoms with Crippen LogP contribution in [-0.2, 0) is 32.3 Å².